The maximum atomic E-state index is 8.97. The number of nitrogens with one attached hydrogen (secondary N) is 1. The summed E-state index contributed by atoms with van der Waals surface area (Å²) >= 11 is 5.85. The predicted molar refractivity (Wildman–Crippen MR) is 66.7 cm³/mol. The first kappa shape index (κ1) is 14.7. The Balaban J connectivity index is 0.00000196. The SMILES string of the molecule is CCC(CO)NCc1cccc(Cl)c1.Cl. The molecule has 0 aliphatic carbocycles. The summed E-state index contributed by atoms with van der Waals surface area (Å²) in [6.45, 7) is 2.97. The second-order valence-electron chi connectivity index (χ2n) is 3.30. The second kappa shape index (κ2) is 7.94. The lowest BCUT2D eigenvalue weighted by Crippen LogP contribution is -2.31. The highest BCUT2D eigenvalue weighted by Gasteiger charge is 2.02. The fourth-order valence-corrected chi connectivity index (χ4v) is 1.46. The van der Waals surface area contributed by atoms with Crippen molar-refractivity contribution in [3.8, 4) is 0 Å². The monoisotopic (exact) mass is 249 g/mol. The minimum absolute atomic E-state index is 0. The van der Waals surface area contributed by atoms with E-state index in [1.165, 1.54) is 0 Å². The van der Waals surface area contributed by atoms with E-state index in [1.54, 1.807) is 0 Å². The molecule has 0 spiro atoms. The topological polar surface area (TPSA) is 32.3 Å². The molecule has 0 aliphatic heterocycles. The summed E-state index contributed by atoms with van der Waals surface area (Å²) in [5.74, 6) is 0. The van der Waals surface area contributed by atoms with Gasteiger partial charge in [0.2, 0.25) is 0 Å². The molecular weight excluding hydrogens is 233 g/mol. The quantitative estimate of drug-likeness (QED) is 0.841. The molecule has 0 bridgehead atoms. The lowest BCUT2D eigenvalue weighted by molar-refractivity contribution is 0.238. The minimum Gasteiger partial charge on any atom is -0.395 e. The molecule has 0 aliphatic rings. The van der Waals surface area contributed by atoms with Gasteiger partial charge in [-0.05, 0) is 24.1 Å². The van der Waals surface area contributed by atoms with E-state index < -0.39 is 0 Å². The van der Waals surface area contributed by atoms with E-state index in [4.69, 9.17) is 16.7 Å². The van der Waals surface area contributed by atoms with Crippen LogP contribution in [0.3, 0.4) is 0 Å². The highest BCUT2D eigenvalue weighted by molar-refractivity contribution is 6.30. The summed E-state index contributed by atoms with van der Waals surface area (Å²) in [6, 6.07) is 7.91. The van der Waals surface area contributed by atoms with Gasteiger partial charge in [-0.15, -0.1) is 12.4 Å². The molecule has 1 aromatic carbocycles. The molecular formula is C11H17Cl2NO. The van der Waals surface area contributed by atoms with E-state index in [0.717, 1.165) is 23.6 Å². The molecule has 2 N–H and O–H groups in total. The van der Waals surface area contributed by atoms with Crippen molar-refractivity contribution < 1.29 is 5.11 Å². The number of hydrogen-bond donors (Lipinski definition) is 2. The molecule has 2 nitrogen and oxygen atoms in total. The molecule has 0 fully saturated rings. The molecule has 0 heterocycles. The summed E-state index contributed by atoms with van der Waals surface area (Å²) in [7, 11) is 0. The van der Waals surface area contributed by atoms with Crippen LogP contribution in [-0.4, -0.2) is 17.8 Å². The molecule has 4 heteroatoms. The fraction of sp³-hybridized carbons (Fsp3) is 0.455. The van der Waals surface area contributed by atoms with Crippen LogP contribution in [-0.2, 0) is 6.54 Å². The average Bonchev–Trinajstić information content (AvgIpc) is 2.19. The summed E-state index contributed by atoms with van der Waals surface area (Å²) in [4.78, 5) is 0. The number of hydrogen-bond acceptors (Lipinski definition) is 2. The van der Waals surface area contributed by atoms with Crippen molar-refractivity contribution in [1.82, 2.24) is 5.32 Å². The van der Waals surface area contributed by atoms with Gasteiger partial charge in [-0.3, -0.25) is 0 Å². The van der Waals surface area contributed by atoms with Crippen LogP contribution in [0.15, 0.2) is 24.3 Å². The van der Waals surface area contributed by atoms with Crippen molar-refractivity contribution in [2.45, 2.75) is 25.9 Å². The van der Waals surface area contributed by atoms with Crippen molar-refractivity contribution in [2.24, 2.45) is 0 Å². The number of halogens is 2. The molecule has 1 atom stereocenters. The lowest BCUT2D eigenvalue weighted by atomic mass is 10.2. The van der Waals surface area contributed by atoms with Crippen molar-refractivity contribution >= 4 is 24.0 Å². The molecule has 0 aromatic heterocycles. The van der Waals surface area contributed by atoms with E-state index in [2.05, 4.69) is 5.32 Å². The van der Waals surface area contributed by atoms with E-state index in [0.29, 0.717) is 0 Å². The largest absolute Gasteiger partial charge is 0.395 e. The normalized spacial score (nSPS) is 11.9. The molecule has 0 saturated heterocycles. The van der Waals surface area contributed by atoms with E-state index in [-0.39, 0.29) is 25.1 Å². The van der Waals surface area contributed by atoms with Crippen LogP contribution in [0.25, 0.3) is 0 Å². The van der Waals surface area contributed by atoms with Gasteiger partial charge in [-0.25, -0.2) is 0 Å². The van der Waals surface area contributed by atoms with Gasteiger partial charge in [0.15, 0.2) is 0 Å². The number of benzene rings is 1. The molecule has 86 valence electrons. The average molecular weight is 250 g/mol. The van der Waals surface area contributed by atoms with Crippen molar-refractivity contribution in [3.05, 3.63) is 34.9 Å². The molecule has 15 heavy (non-hydrogen) atoms. The molecule has 0 saturated carbocycles. The minimum atomic E-state index is 0. The van der Waals surface area contributed by atoms with Crippen LogP contribution in [0.4, 0.5) is 0 Å². The third kappa shape index (κ3) is 5.38. The van der Waals surface area contributed by atoms with Gasteiger partial charge >= 0.3 is 0 Å². The molecule has 1 rings (SSSR count). The maximum absolute atomic E-state index is 8.97. The van der Waals surface area contributed by atoms with Gasteiger partial charge in [0.05, 0.1) is 6.61 Å². The zero-order valence-electron chi connectivity index (χ0n) is 8.74. The van der Waals surface area contributed by atoms with Gasteiger partial charge in [-0.2, -0.15) is 0 Å². The third-order valence-corrected chi connectivity index (χ3v) is 2.43. The van der Waals surface area contributed by atoms with Gasteiger partial charge < -0.3 is 10.4 Å². The van der Waals surface area contributed by atoms with Crippen molar-refractivity contribution in [1.29, 1.82) is 0 Å². The highest BCUT2D eigenvalue weighted by Crippen LogP contribution is 2.10. The molecule has 1 unspecified atom stereocenters. The van der Waals surface area contributed by atoms with Crippen LogP contribution in [0.1, 0.15) is 18.9 Å². The smallest absolute Gasteiger partial charge is 0.0584 e. The summed E-state index contributed by atoms with van der Waals surface area (Å²) < 4.78 is 0. The van der Waals surface area contributed by atoms with Crippen molar-refractivity contribution in [2.75, 3.05) is 6.61 Å². The van der Waals surface area contributed by atoms with Crippen molar-refractivity contribution in [3.63, 3.8) is 0 Å². The van der Waals surface area contributed by atoms with Gasteiger partial charge in [0, 0.05) is 17.6 Å². The Labute approximate surface area is 102 Å². The zero-order valence-corrected chi connectivity index (χ0v) is 10.3. The standard InChI is InChI=1S/C11H16ClNO.ClH/c1-2-11(8-14)13-7-9-4-3-5-10(12)6-9;/h3-6,11,13-14H,2,7-8H2,1H3;1H. The number of rotatable bonds is 5. The lowest BCUT2D eigenvalue weighted by Gasteiger charge is -2.13. The second-order valence-corrected chi connectivity index (χ2v) is 3.74. The van der Waals surface area contributed by atoms with Crippen LogP contribution in [0.5, 0.6) is 0 Å². The van der Waals surface area contributed by atoms with Gasteiger partial charge in [0.25, 0.3) is 0 Å². The molecule has 0 radical (unpaired) electrons. The van der Waals surface area contributed by atoms with Crippen LogP contribution >= 0.6 is 24.0 Å². The Morgan fingerprint density at radius 2 is 2.20 bits per heavy atom. The molecule has 0 amide bonds. The van der Waals surface area contributed by atoms with Crippen LogP contribution in [0, 0.1) is 0 Å². The number of aliphatic hydroxyl groups excluding tert-OH is 1. The first-order valence-electron chi connectivity index (χ1n) is 4.85. The summed E-state index contributed by atoms with van der Waals surface area (Å²) in [5, 5.41) is 13.0. The Morgan fingerprint density at radius 1 is 1.47 bits per heavy atom. The molecule has 1 aromatic rings. The van der Waals surface area contributed by atoms with Gasteiger partial charge in [-0.1, -0.05) is 30.7 Å². The Morgan fingerprint density at radius 3 is 2.73 bits per heavy atom. The maximum Gasteiger partial charge on any atom is 0.0584 e. The first-order valence-corrected chi connectivity index (χ1v) is 5.22. The highest BCUT2D eigenvalue weighted by atomic mass is 35.5. The summed E-state index contributed by atoms with van der Waals surface area (Å²) in [5.41, 5.74) is 1.14. The van der Waals surface area contributed by atoms with Crippen LogP contribution < -0.4 is 5.32 Å². The number of aliphatic hydroxyl groups is 1. The Kier molecular flexibility index (Phi) is 7.79. The summed E-state index contributed by atoms with van der Waals surface area (Å²) in [6.07, 6.45) is 0.928. The predicted octanol–water partition coefficient (Wildman–Crippen LogP) is 2.62. The van der Waals surface area contributed by atoms with E-state index in [9.17, 15) is 0 Å². The Bertz CT molecular complexity index is 277. The van der Waals surface area contributed by atoms with Crippen LogP contribution in [0.2, 0.25) is 5.02 Å². The fourth-order valence-electron chi connectivity index (χ4n) is 1.25. The zero-order chi connectivity index (χ0) is 10.4. The van der Waals surface area contributed by atoms with Gasteiger partial charge in [0.1, 0.15) is 0 Å². The third-order valence-electron chi connectivity index (χ3n) is 2.20. The Hall–Kier alpha value is -0.280. The van der Waals surface area contributed by atoms with E-state index in [1.807, 2.05) is 31.2 Å². The first-order chi connectivity index (χ1) is 6.76. The van der Waals surface area contributed by atoms with E-state index >= 15 is 0 Å².